The number of amides is 2. The van der Waals surface area contributed by atoms with Gasteiger partial charge in [0, 0.05) is 12.2 Å². The van der Waals surface area contributed by atoms with Gasteiger partial charge < -0.3 is 15.4 Å². The molecule has 0 aliphatic rings. The molecule has 0 bridgehead atoms. The van der Waals surface area contributed by atoms with Gasteiger partial charge in [-0.05, 0) is 44.5 Å². The van der Waals surface area contributed by atoms with Gasteiger partial charge in [0.05, 0.1) is 6.10 Å². The predicted octanol–water partition coefficient (Wildman–Crippen LogP) is 4.18. The van der Waals surface area contributed by atoms with Gasteiger partial charge in [-0.2, -0.15) is 0 Å². The van der Waals surface area contributed by atoms with Crippen molar-refractivity contribution in [1.29, 1.82) is 0 Å². The van der Waals surface area contributed by atoms with Crippen LogP contribution in [-0.4, -0.2) is 18.7 Å². The van der Waals surface area contributed by atoms with Crippen LogP contribution in [0.25, 0.3) is 0 Å². The fourth-order valence-corrected chi connectivity index (χ4v) is 1.82. The quantitative estimate of drug-likeness (QED) is 0.701. The number of carbonyl (C=O) groups is 1. The van der Waals surface area contributed by atoms with Gasteiger partial charge in [-0.1, -0.05) is 26.2 Å². The highest BCUT2D eigenvalue weighted by atomic mass is 16.5. The second kappa shape index (κ2) is 9.23. The molecule has 0 aromatic heterocycles. The van der Waals surface area contributed by atoms with Crippen LogP contribution in [0, 0.1) is 0 Å². The van der Waals surface area contributed by atoms with Crippen molar-refractivity contribution in [2.24, 2.45) is 0 Å². The Kier molecular flexibility index (Phi) is 7.55. The van der Waals surface area contributed by atoms with Gasteiger partial charge in [-0.15, -0.1) is 0 Å². The van der Waals surface area contributed by atoms with Crippen LogP contribution in [0.15, 0.2) is 24.3 Å². The summed E-state index contributed by atoms with van der Waals surface area (Å²) in [6, 6.07) is 7.25. The molecule has 4 nitrogen and oxygen atoms in total. The van der Waals surface area contributed by atoms with Crippen LogP contribution in [-0.2, 0) is 0 Å². The van der Waals surface area contributed by atoms with Gasteiger partial charge in [-0.25, -0.2) is 4.79 Å². The summed E-state index contributed by atoms with van der Waals surface area (Å²) in [5.74, 6) is 0.811. The molecular formula is C16H26N2O2. The maximum absolute atomic E-state index is 11.7. The Hall–Kier alpha value is -1.71. The van der Waals surface area contributed by atoms with Gasteiger partial charge in [0.25, 0.3) is 0 Å². The average molecular weight is 278 g/mol. The minimum Gasteiger partial charge on any atom is -0.491 e. The standard InChI is InChI=1S/C16H26N2O2/c1-4-5-6-7-12-17-16(19)18-14-8-10-15(11-9-14)20-13(2)3/h8-11,13H,4-7,12H2,1-3H3,(H2,17,18,19). The van der Waals surface area contributed by atoms with Gasteiger partial charge >= 0.3 is 6.03 Å². The molecule has 20 heavy (non-hydrogen) atoms. The average Bonchev–Trinajstić information content (AvgIpc) is 2.40. The van der Waals surface area contributed by atoms with Crippen LogP contribution < -0.4 is 15.4 Å². The van der Waals surface area contributed by atoms with Crippen molar-refractivity contribution < 1.29 is 9.53 Å². The molecule has 1 aromatic carbocycles. The lowest BCUT2D eigenvalue weighted by molar-refractivity contribution is 0.242. The number of nitrogens with one attached hydrogen (secondary N) is 2. The number of anilines is 1. The van der Waals surface area contributed by atoms with Crippen LogP contribution in [0.3, 0.4) is 0 Å². The highest BCUT2D eigenvalue weighted by molar-refractivity contribution is 5.89. The van der Waals surface area contributed by atoms with Crippen LogP contribution in [0.2, 0.25) is 0 Å². The van der Waals surface area contributed by atoms with E-state index in [-0.39, 0.29) is 12.1 Å². The van der Waals surface area contributed by atoms with E-state index in [1.165, 1.54) is 12.8 Å². The molecule has 0 saturated heterocycles. The molecule has 0 atom stereocenters. The van der Waals surface area contributed by atoms with Crippen molar-refractivity contribution in [2.75, 3.05) is 11.9 Å². The Morgan fingerprint density at radius 2 is 1.85 bits per heavy atom. The summed E-state index contributed by atoms with van der Waals surface area (Å²) in [5.41, 5.74) is 0.771. The second-order valence-electron chi connectivity index (χ2n) is 5.13. The third-order valence-corrected chi connectivity index (χ3v) is 2.80. The summed E-state index contributed by atoms with van der Waals surface area (Å²) < 4.78 is 5.55. The SMILES string of the molecule is CCCCCCNC(=O)Nc1ccc(OC(C)C)cc1. The summed E-state index contributed by atoms with van der Waals surface area (Å²) in [7, 11) is 0. The van der Waals surface area contributed by atoms with Gasteiger partial charge in [-0.3, -0.25) is 0 Å². The second-order valence-corrected chi connectivity index (χ2v) is 5.13. The molecule has 0 spiro atoms. The predicted molar refractivity (Wildman–Crippen MR) is 83.4 cm³/mol. The van der Waals surface area contributed by atoms with Gasteiger partial charge in [0.15, 0.2) is 0 Å². The van der Waals surface area contributed by atoms with E-state index >= 15 is 0 Å². The highest BCUT2D eigenvalue weighted by Gasteiger charge is 2.02. The van der Waals surface area contributed by atoms with E-state index in [1.54, 1.807) is 0 Å². The molecule has 0 unspecified atom stereocenters. The number of ether oxygens (including phenoxy) is 1. The van der Waals surface area contributed by atoms with Crippen molar-refractivity contribution >= 4 is 11.7 Å². The third kappa shape index (κ3) is 7.02. The molecule has 0 heterocycles. The van der Waals surface area contributed by atoms with E-state index in [4.69, 9.17) is 4.74 Å². The summed E-state index contributed by atoms with van der Waals surface area (Å²) in [4.78, 5) is 11.7. The Labute approximate surface area is 121 Å². The summed E-state index contributed by atoms with van der Waals surface area (Å²) >= 11 is 0. The molecule has 1 rings (SSSR count). The molecule has 0 fully saturated rings. The Morgan fingerprint density at radius 3 is 2.45 bits per heavy atom. The minimum absolute atomic E-state index is 0.153. The van der Waals surface area contributed by atoms with Crippen LogP contribution in [0.4, 0.5) is 10.5 Å². The van der Waals surface area contributed by atoms with E-state index in [0.717, 1.165) is 30.8 Å². The molecule has 1 aromatic rings. The number of carbonyl (C=O) groups excluding carboxylic acids is 1. The fraction of sp³-hybridized carbons (Fsp3) is 0.562. The lowest BCUT2D eigenvalue weighted by Gasteiger charge is -2.11. The van der Waals surface area contributed by atoms with Crippen molar-refractivity contribution in [3.05, 3.63) is 24.3 Å². The van der Waals surface area contributed by atoms with Crippen LogP contribution in [0.1, 0.15) is 46.5 Å². The highest BCUT2D eigenvalue weighted by Crippen LogP contribution is 2.16. The molecule has 2 N–H and O–H groups in total. The summed E-state index contributed by atoms with van der Waals surface area (Å²) in [6.45, 7) is 6.86. The first-order chi connectivity index (χ1) is 9.61. The van der Waals surface area contributed by atoms with Crippen molar-refractivity contribution in [1.82, 2.24) is 5.32 Å². The number of rotatable bonds is 8. The molecule has 0 aliphatic carbocycles. The van der Waals surface area contributed by atoms with E-state index in [2.05, 4.69) is 17.6 Å². The normalized spacial score (nSPS) is 10.4. The minimum atomic E-state index is -0.154. The van der Waals surface area contributed by atoms with Crippen LogP contribution in [0.5, 0.6) is 5.75 Å². The number of urea groups is 1. The van der Waals surface area contributed by atoms with E-state index in [9.17, 15) is 4.79 Å². The van der Waals surface area contributed by atoms with E-state index in [0.29, 0.717) is 0 Å². The lowest BCUT2D eigenvalue weighted by atomic mass is 10.2. The van der Waals surface area contributed by atoms with Crippen molar-refractivity contribution in [3.8, 4) is 5.75 Å². The topological polar surface area (TPSA) is 50.4 Å². The number of benzene rings is 1. The van der Waals surface area contributed by atoms with Crippen molar-refractivity contribution in [2.45, 2.75) is 52.6 Å². The first kappa shape index (κ1) is 16.3. The van der Waals surface area contributed by atoms with E-state index in [1.807, 2.05) is 38.1 Å². The smallest absolute Gasteiger partial charge is 0.319 e. The number of unbranched alkanes of at least 4 members (excludes halogenated alkanes) is 3. The Balaban J connectivity index is 2.27. The zero-order valence-corrected chi connectivity index (χ0v) is 12.7. The Bertz CT molecular complexity index is 388. The molecule has 112 valence electrons. The van der Waals surface area contributed by atoms with Crippen LogP contribution >= 0.6 is 0 Å². The zero-order valence-electron chi connectivity index (χ0n) is 12.7. The molecule has 2 amide bonds. The maximum atomic E-state index is 11.7. The first-order valence-electron chi connectivity index (χ1n) is 7.43. The van der Waals surface area contributed by atoms with E-state index < -0.39 is 0 Å². The third-order valence-electron chi connectivity index (χ3n) is 2.80. The van der Waals surface area contributed by atoms with Crippen molar-refractivity contribution in [3.63, 3.8) is 0 Å². The molecule has 0 saturated carbocycles. The van der Waals surface area contributed by atoms with Gasteiger partial charge in [0.2, 0.25) is 0 Å². The molecular weight excluding hydrogens is 252 g/mol. The monoisotopic (exact) mass is 278 g/mol. The molecule has 4 heteroatoms. The molecule has 0 aliphatic heterocycles. The Morgan fingerprint density at radius 1 is 1.15 bits per heavy atom. The maximum Gasteiger partial charge on any atom is 0.319 e. The summed E-state index contributed by atoms with van der Waals surface area (Å²) in [5, 5.41) is 5.66. The zero-order chi connectivity index (χ0) is 14.8. The first-order valence-corrected chi connectivity index (χ1v) is 7.43. The van der Waals surface area contributed by atoms with Gasteiger partial charge in [0.1, 0.15) is 5.75 Å². The number of hydrogen-bond donors (Lipinski definition) is 2. The molecule has 0 radical (unpaired) electrons. The number of hydrogen-bond acceptors (Lipinski definition) is 2. The summed E-state index contributed by atoms with van der Waals surface area (Å²) in [6.07, 6.45) is 4.78. The fourth-order valence-electron chi connectivity index (χ4n) is 1.82. The lowest BCUT2D eigenvalue weighted by Crippen LogP contribution is -2.29. The largest absolute Gasteiger partial charge is 0.491 e.